The van der Waals surface area contributed by atoms with Gasteiger partial charge >= 0.3 is 5.97 Å². The van der Waals surface area contributed by atoms with Crippen molar-refractivity contribution in [1.82, 2.24) is 5.32 Å². The number of carbonyl (C=O) groups excluding carboxylic acids is 1. The highest BCUT2D eigenvalue weighted by atomic mass is 79.9. The molecular weight excluding hydrogens is 420 g/mol. The molecule has 2 aromatic carbocycles. The Morgan fingerprint density at radius 3 is 2.54 bits per heavy atom. The molecular formula is C18H13BrN2O4S. The molecule has 1 fully saturated rings. The number of carboxylic acid groups (broad SMARTS) is 1. The van der Waals surface area contributed by atoms with E-state index in [1.54, 1.807) is 30.3 Å². The van der Waals surface area contributed by atoms with E-state index >= 15 is 0 Å². The Bertz CT molecular complexity index is 892. The number of thioether (sulfide) groups is 1. The number of benzene rings is 2. The largest absolute Gasteiger partial charge is 0.482 e. The predicted molar refractivity (Wildman–Crippen MR) is 105 cm³/mol. The molecule has 2 aromatic rings. The van der Waals surface area contributed by atoms with Crippen LogP contribution in [0.5, 0.6) is 5.75 Å². The van der Waals surface area contributed by atoms with Crippen LogP contribution in [0, 0.1) is 0 Å². The summed E-state index contributed by atoms with van der Waals surface area (Å²) in [6, 6.07) is 14.3. The Morgan fingerprint density at radius 2 is 1.88 bits per heavy atom. The summed E-state index contributed by atoms with van der Waals surface area (Å²) >= 11 is 4.63. The van der Waals surface area contributed by atoms with Gasteiger partial charge in [-0.3, -0.25) is 4.79 Å². The number of aliphatic carboxylic acids is 1. The molecule has 1 amide bonds. The summed E-state index contributed by atoms with van der Waals surface area (Å²) in [5, 5.41) is 11.9. The zero-order valence-electron chi connectivity index (χ0n) is 13.3. The standard InChI is InChI=1S/C18H13BrN2O4S/c19-12-3-5-13(6-4-12)20-18-21-17(24)15(26-18)9-11-1-7-14(8-2-11)25-10-16(22)23/h1-9H,10H2,(H,22,23)(H,20,21,24). The Kier molecular flexibility index (Phi) is 5.75. The maximum Gasteiger partial charge on any atom is 0.341 e. The second-order valence-corrected chi connectivity index (χ2v) is 7.16. The lowest BCUT2D eigenvalue weighted by Gasteiger charge is -2.03. The third kappa shape index (κ3) is 4.96. The van der Waals surface area contributed by atoms with Crippen molar-refractivity contribution < 1.29 is 19.4 Å². The smallest absolute Gasteiger partial charge is 0.341 e. The second-order valence-electron chi connectivity index (χ2n) is 5.21. The van der Waals surface area contributed by atoms with Crippen molar-refractivity contribution in [2.75, 3.05) is 6.61 Å². The van der Waals surface area contributed by atoms with Crippen LogP contribution >= 0.6 is 27.7 Å². The van der Waals surface area contributed by atoms with Crippen molar-refractivity contribution >= 4 is 56.5 Å². The highest BCUT2D eigenvalue weighted by Gasteiger charge is 2.23. The van der Waals surface area contributed by atoms with Gasteiger partial charge in [-0.15, -0.1) is 0 Å². The van der Waals surface area contributed by atoms with E-state index in [0.717, 1.165) is 15.7 Å². The van der Waals surface area contributed by atoms with Gasteiger partial charge in [-0.1, -0.05) is 28.1 Å². The van der Waals surface area contributed by atoms with E-state index in [9.17, 15) is 9.59 Å². The lowest BCUT2D eigenvalue weighted by atomic mass is 10.2. The van der Waals surface area contributed by atoms with E-state index in [0.29, 0.717) is 15.8 Å². The maximum absolute atomic E-state index is 12.1. The van der Waals surface area contributed by atoms with Crippen LogP contribution in [0.15, 0.2) is 62.9 Å². The molecule has 0 atom stereocenters. The summed E-state index contributed by atoms with van der Waals surface area (Å²) in [5.74, 6) is -0.791. The average Bonchev–Trinajstić information content (AvgIpc) is 2.95. The number of amidine groups is 1. The van der Waals surface area contributed by atoms with Crippen molar-refractivity contribution in [3.05, 3.63) is 63.5 Å². The quantitative estimate of drug-likeness (QED) is 0.701. The average molecular weight is 433 g/mol. The van der Waals surface area contributed by atoms with Gasteiger partial charge in [0.25, 0.3) is 5.91 Å². The molecule has 0 radical (unpaired) electrons. The summed E-state index contributed by atoms with van der Waals surface area (Å²) in [7, 11) is 0. The Balaban J connectivity index is 1.70. The molecule has 1 aliphatic heterocycles. The fourth-order valence-corrected chi connectivity index (χ4v) is 3.18. The summed E-state index contributed by atoms with van der Waals surface area (Å²) in [4.78, 5) is 27.5. The van der Waals surface area contributed by atoms with E-state index in [4.69, 9.17) is 9.84 Å². The number of hydrogen-bond donors (Lipinski definition) is 2. The molecule has 0 saturated carbocycles. The van der Waals surface area contributed by atoms with Gasteiger partial charge in [0.2, 0.25) is 0 Å². The first-order chi connectivity index (χ1) is 12.5. The highest BCUT2D eigenvalue weighted by molar-refractivity contribution is 9.10. The first-order valence-electron chi connectivity index (χ1n) is 7.49. The number of ether oxygens (including phenoxy) is 1. The van der Waals surface area contributed by atoms with Gasteiger partial charge in [0.15, 0.2) is 11.8 Å². The topological polar surface area (TPSA) is 88.0 Å². The third-order valence-electron chi connectivity index (χ3n) is 3.25. The molecule has 3 rings (SSSR count). The minimum Gasteiger partial charge on any atom is -0.482 e. The van der Waals surface area contributed by atoms with Crippen LogP contribution in [0.3, 0.4) is 0 Å². The van der Waals surface area contributed by atoms with Crippen LogP contribution in [0.2, 0.25) is 0 Å². The van der Waals surface area contributed by atoms with Gasteiger partial charge in [-0.2, -0.15) is 0 Å². The van der Waals surface area contributed by atoms with E-state index in [-0.39, 0.29) is 5.91 Å². The van der Waals surface area contributed by atoms with Crippen LogP contribution in [0.1, 0.15) is 5.56 Å². The number of carbonyl (C=O) groups is 2. The summed E-state index contributed by atoms with van der Waals surface area (Å²) < 4.78 is 6.04. The number of rotatable bonds is 5. The maximum atomic E-state index is 12.1. The molecule has 2 N–H and O–H groups in total. The number of nitrogens with zero attached hydrogens (tertiary/aromatic N) is 1. The lowest BCUT2D eigenvalue weighted by molar-refractivity contribution is -0.139. The normalized spacial score (nSPS) is 16.7. The van der Waals surface area contributed by atoms with Crippen molar-refractivity contribution in [1.29, 1.82) is 0 Å². The van der Waals surface area contributed by atoms with Crippen LogP contribution in [0.4, 0.5) is 5.69 Å². The molecule has 1 heterocycles. The highest BCUT2D eigenvalue weighted by Crippen LogP contribution is 2.28. The number of carboxylic acids is 1. The van der Waals surface area contributed by atoms with Crippen molar-refractivity contribution in [2.24, 2.45) is 4.99 Å². The van der Waals surface area contributed by atoms with Crippen LogP contribution < -0.4 is 10.1 Å². The zero-order valence-corrected chi connectivity index (χ0v) is 15.7. The molecule has 132 valence electrons. The first kappa shape index (κ1) is 18.2. The van der Waals surface area contributed by atoms with E-state index in [1.807, 2.05) is 24.3 Å². The van der Waals surface area contributed by atoms with Crippen LogP contribution in [-0.2, 0) is 9.59 Å². The molecule has 26 heavy (non-hydrogen) atoms. The number of halogens is 1. The van der Waals surface area contributed by atoms with E-state index in [2.05, 4.69) is 26.2 Å². The molecule has 0 aromatic heterocycles. The minimum absolute atomic E-state index is 0.211. The van der Waals surface area contributed by atoms with Gasteiger partial charge in [-0.05, 0) is 59.8 Å². The summed E-state index contributed by atoms with van der Waals surface area (Å²) in [5.41, 5.74) is 1.55. The molecule has 0 bridgehead atoms. The molecule has 0 aliphatic carbocycles. The van der Waals surface area contributed by atoms with E-state index in [1.165, 1.54) is 11.8 Å². The SMILES string of the molecule is O=C(O)COc1ccc(C=C2SC(=Nc3ccc(Br)cc3)NC2=O)cc1. The molecule has 1 saturated heterocycles. The monoisotopic (exact) mass is 432 g/mol. The molecule has 6 nitrogen and oxygen atoms in total. The van der Waals surface area contributed by atoms with Crippen molar-refractivity contribution in [3.63, 3.8) is 0 Å². The van der Waals surface area contributed by atoms with Crippen LogP contribution in [0.25, 0.3) is 6.08 Å². The number of amides is 1. The number of nitrogens with one attached hydrogen (secondary N) is 1. The van der Waals surface area contributed by atoms with Gasteiger partial charge in [-0.25, -0.2) is 9.79 Å². The first-order valence-corrected chi connectivity index (χ1v) is 9.10. The second kappa shape index (κ2) is 8.20. The van der Waals surface area contributed by atoms with Gasteiger partial charge in [0.05, 0.1) is 10.6 Å². The molecule has 8 heteroatoms. The lowest BCUT2D eigenvalue weighted by Crippen LogP contribution is -2.19. The summed E-state index contributed by atoms with van der Waals surface area (Å²) in [6.07, 6.45) is 1.74. The number of hydrogen-bond acceptors (Lipinski definition) is 5. The zero-order chi connectivity index (χ0) is 18.5. The molecule has 0 unspecified atom stereocenters. The van der Waals surface area contributed by atoms with E-state index < -0.39 is 12.6 Å². The van der Waals surface area contributed by atoms with Crippen molar-refractivity contribution in [3.8, 4) is 5.75 Å². The Hall–Kier alpha value is -2.58. The fraction of sp³-hybridized carbons (Fsp3) is 0.0556. The van der Waals surface area contributed by atoms with Crippen LogP contribution in [-0.4, -0.2) is 28.8 Å². The molecule has 1 aliphatic rings. The van der Waals surface area contributed by atoms with Crippen molar-refractivity contribution in [2.45, 2.75) is 0 Å². The summed E-state index contributed by atoms with van der Waals surface area (Å²) in [6.45, 7) is -0.394. The Labute approximate surface area is 162 Å². The molecule has 0 spiro atoms. The van der Waals surface area contributed by atoms with Gasteiger partial charge < -0.3 is 15.2 Å². The fourth-order valence-electron chi connectivity index (χ4n) is 2.07. The van der Waals surface area contributed by atoms with Gasteiger partial charge in [0, 0.05) is 4.47 Å². The minimum atomic E-state index is -1.03. The Morgan fingerprint density at radius 1 is 1.19 bits per heavy atom. The predicted octanol–water partition coefficient (Wildman–Crippen LogP) is 3.80. The third-order valence-corrected chi connectivity index (χ3v) is 4.69. The number of aliphatic imine (C=N–C) groups is 1. The van der Waals surface area contributed by atoms with Gasteiger partial charge in [0.1, 0.15) is 5.75 Å².